The van der Waals surface area contributed by atoms with Crippen molar-refractivity contribution in [2.45, 2.75) is 38.3 Å². The van der Waals surface area contributed by atoms with E-state index in [0.717, 1.165) is 58.0 Å². The van der Waals surface area contributed by atoms with E-state index in [4.69, 9.17) is 0 Å². The molecule has 0 bridgehead atoms. The molecule has 0 aromatic heterocycles. The van der Waals surface area contributed by atoms with Crippen LogP contribution in [0.4, 0.5) is 4.39 Å². The number of benzene rings is 1. The third kappa shape index (κ3) is 3.99. The SMILES string of the molecule is CN1CCCC(C=O)C1N1CCC(Cc2ccc(F)cc2)CC1. The number of aldehydes is 1. The Kier molecular flexibility index (Phi) is 5.44. The number of rotatable bonds is 4. The third-order valence-electron chi connectivity index (χ3n) is 5.52. The van der Waals surface area contributed by atoms with Crippen molar-refractivity contribution in [1.82, 2.24) is 9.80 Å². The minimum absolute atomic E-state index is 0.155. The van der Waals surface area contributed by atoms with Crippen LogP contribution in [-0.4, -0.2) is 48.9 Å². The van der Waals surface area contributed by atoms with E-state index in [1.165, 1.54) is 5.56 Å². The Morgan fingerprint density at radius 3 is 2.48 bits per heavy atom. The lowest BCUT2D eigenvalue weighted by Crippen LogP contribution is -2.56. The van der Waals surface area contributed by atoms with Crippen molar-refractivity contribution in [3.63, 3.8) is 0 Å². The highest BCUT2D eigenvalue weighted by Crippen LogP contribution is 2.29. The number of carbonyl (C=O) groups is 1. The van der Waals surface area contributed by atoms with E-state index in [9.17, 15) is 9.18 Å². The number of piperidine rings is 2. The normalized spacial score (nSPS) is 27.9. The quantitative estimate of drug-likeness (QED) is 0.798. The van der Waals surface area contributed by atoms with Gasteiger partial charge in [0.1, 0.15) is 12.1 Å². The summed E-state index contributed by atoms with van der Waals surface area (Å²) in [5.41, 5.74) is 1.23. The predicted octanol–water partition coefficient (Wildman–Crippen LogP) is 2.95. The van der Waals surface area contributed by atoms with E-state index in [2.05, 4.69) is 16.8 Å². The van der Waals surface area contributed by atoms with E-state index in [-0.39, 0.29) is 17.9 Å². The van der Waals surface area contributed by atoms with Gasteiger partial charge in [-0.3, -0.25) is 9.80 Å². The number of hydrogen-bond donors (Lipinski definition) is 0. The summed E-state index contributed by atoms with van der Waals surface area (Å²) in [6.07, 6.45) is 6.94. The van der Waals surface area contributed by atoms with Gasteiger partial charge in [0.2, 0.25) is 0 Å². The largest absolute Gasteiger partial charge is 0.303 e. The van der Waals surface area contributed by atoms with E-state index in [1.807, 2.05) is 12.1 Å². The lowest BCUT2D eigenvalue weighted by molar-refractivity contribution is -0.119. The first-order valence-corrected chi connectivity index (χ1v) is 8.81. The Balaban J connectivity index is 1.55. The summed E-state index contributed by atoms with van der Waals surface area (Å²) in [6.45, 7) is 3.21. The Morgan fingerprint density at radius 1 is 1.13 bits per heavy atom. The van der Waals surface area contributed by atoms with Crippen molar-refractivity contribution in [2.75, 3.05) is 26.7 Å². The summed E-state index contributed by atoms with van der Waals surface area (Å²) < 4.78 is 13.0. The minimum Gasteiger partial charge on any atom is -0.303 e. The van der Waals surface area contributed by atoms with Crippen LogP contribution in [0.2, 0.25) is 0 Å². The van der Waals surface area contributed by atoms with Crippen molar-refractivity contribution >= 4 is 6.29 Å². The highest BCUT2D eigenvalue weighted by atomic mass is 19.1. The molecule has 0 spiro atoms. The van der Waals surface area contributed by atoms with Crippen molar-refractivity contribution < 1.29 is 9.18 Å². The van der Waals surface area contributed by atoms with Gasteiger partial charge in [-0.15, -0.1) is 0 Å². The monoisotopic (exact) mass is 318 g/mol. The smallest absolute Gasteiger partial charge is 0.125 e. The van der Waals surface area contributed by atoms with E-state index < -0.39 is 0 Å². The summed E-state index contributed by atoms with van der Waals surface area (Å²) in [5, 5.41) is 0. The molecule has 2 saturated heterocycles. The molecule has 0 N–H and O–H groups in total. The molecule has 1 aromatic rings. The molecule has 0 aliphatic carbocycles. The fraction of sp³-hybridized carbons (Fsp3) is 0.632. The Hall–Kier alpha value is -1.26. The average Bonchev–Trinajstić information content (AvgIpc) is 2.57. The number of hydrogen-bond acceptors (Lipinski definition) is 3. The third-order valence-corrected chi connectivity index (χ3v) is 5.52. The van der Waals surface area contributed by atoms with Gasteiger partial charge in [-0.2, -0.15) is 0 Å². The zero-order valence-corrected chi connectivity index (χ0v) is 14.0. The molecule has 2 heterocycles. The van der Waals surface area contributed by atoms with Crippen LogP contribution >= 0.6 is 0 Å². The van der Waals surface area contributed by atoms with Gasteiger partial charge in [-0.1, -0.05) is 12.1 Å². The van der Waals surface area contributed by atoms with Crippen molar-refractivity contribution in [3.05, 3.63) is 35.6 Å². The zero-order valence-electron chi connectivity index (χ0n) is 14.0. The van der Waals surface area contributed by atoms with Gasteiger partial charge < -0.3 is 4.79 Å². The number of likely N-dealkylation sites (tertiary alicyclic amines) is 2. The molecule has 0 amide bonds. The average molecular weight is 318 g/mol. The maximum atomic E-state index is 13.0. The summed E-state index contributed by atoms with van der Waals surface area (Å²) in [5.74, 6) is 0.659. The Bertz CT molecular complexity index is 511. The summed E-state index contributed by atoms with van der Waals surface area (Å²) in [7, 11) is 2.14. The van der Waals surface area contributed by atoms with Crippen LogP contribution in [-0.2, 0) is 11.2 Å². The van der Waals surface area contributed by atoms with Crippen molar-refractivity contribution in [2.24, 2.45) is 11.8 Å². The highest BCUT2D eigenvalue weighted by Gasteiger charge is 2.35. The molecular weight excluding hydrogens is 291 g/mol. The number of nitrogens with zero attached hydrogens (tertiary/aromatic N) is 2. The van der Waals surface area contributed by atoms with Gasteiger partial charge in [0.25, 0.3) is 0 Å². The minimum atomic E-state index is -0.163. The maximum Gasteiger partial charge on any atom is 0.125 e. The molecule has 1 aromatic carbocycles. The van der Waals surface area contributed by atoms with Crippen molar-refractivity contribution in [3.8, 4) is 0 Å². The topological polar surface area (TPSA) is 23.6 Å². The summed E-state index contributed by atoms with van der Waals surface area (Å²) in [6, 6.07) is 6.91. The van der Waals surface area contributed by atoms with Gasteiger partial charge in [-0.25, -0.2) is 4.39 Å². The number of carbonyl (C=O) groups excluding carboxylic acids is 1. The molecule has 4 heteroatoms. The molecule has 2 atom stereocenters. The molecule has 0 radical (unpaired) electrons. The van der Waals surface area contributed by atoms with Gasteiger partial charge in [0.05, 0.1) is 6.17 Å². The fourth-order valence-corrected chi connectivity index (χ4v) is 4.25. The predicted molar refractivity (Wildman–Crippen MR) is 89.6 cm³/mol. The molecule has 2 aliphatic rings. The zero-order chi connectivity index (χ0) is 16.2. The van der Waals surface area contributed by atoms with Crippen LogP contribution in [0.25, 0.3) is 0 Å². The van der Waals surface area contributed by atoms with E-state index >= 15 is 0 Å². The van der Waals surface area contributed by atoms with Crippen LogP contribution in [0.15, 0.2) is 24.3 Å². The molecule has 2 fully saturated rings. The second kappa shape index (κ2) is 7.54. The molecule has 2 aliphatic heterocycles. The highest BCUT2D eigenvalue weighted by molar-refractivity contribution is 5.54. The Morgan fingerprint density at radius 2 is 1.83 bits per heavy atom. The first-order valence-electron chi connectivity index (χ1n) is 8.81. The molecule has 0 saturated carbocycles. The van der Waals surface area contributed by atoms with E-state index in [0.29, 0.717) is 5.92 Å². The molecule has 2 unspecified atom stereocenters. The van der Waals surface area contributed by atoms with Crippen LogP contribution in [0.1, 0.15) is 31.2 Å². The van der Waals surface area contributed by atoms with Gasteiger partial charge in [0, 0.05) is 5.92 Å². The first-order chi connectivity index (χ1) is 11.2. The lowest BCUT2D eigenvalue weighted by atomic mass is 9.88. The second-order valence-electron chi connectivity index (χ2n) is 7.15. The first kappa shape index (κ1) is 16.6. The van der Waals surface area contributed by atoms with Crippen molar-refractivity contribution in [1.29, 1.82) is 0 Å². The summed E-state index contributed by atoms with van der Waals surface area (Å²) in [4.78, 5) is 16.3. The maximum absolute atomic E-state index is 13.0. The molecule has 3 rings (SSSR count). The Labute approximate surface area is 138 Å². The molecular formula is C19H27FN2O. The van der Waals surface area contributed by atoms with Gasteiger partial charge in [0.15, 0.2) is 0 Å². The lowest BCUT2D eigenvalue weighted by Gasteiger charge is -2.46. The van der Waals surface area contributed by atoms with E-state index in [1.54, 1.807) is 12.1 Å². The van der Waals surface area contributed by atoms with Crippen LogP contribution in [0, 0.1) is 17.7 Å². The number of halogens is 1. The standard InChI is InChI=1S/C19H27FN2O/c1-21-10-2-3-17(14-23)19(21)22-11-8-16(9-12-22)13-15-4-6-18(20)7-5-15/h4-7,14,16-17,19H,2-3,8-13H2,1H3. The molecule has 3 nitrogen and oxygen atoms in total. The fourth-order valence-electron chi connectivity index (χ4n) is 4.25. The van der Waals surface area contributed by atoms with Crippen LogP contribution < -0.4 is 0 Å². The van der Waals surface area contributed by atoms with Gasteiger partial charge in [-0.05, 0) is 82.4 Å². The summed E-state index contributed by atoms with van der Waals surface area (Å²) >= 11 is 0. The molecule has 126 valence electrons. The molecule has 23 heavy (non-hydrogen) atoms. The van der Waals surface area contributed by atoms with Crippen LogP contribution in [0.3, 0.4) is 0 Å². The van der Waals surface area contributed by atoms with Crippen LogP contribution in [0.5, 0.6) is 0 Å². The second-order valence-corrected chi connectivity index (χ2v) is 7.15. The van der Waals surface area contributed by atoms with Gasteiger partial charge >= 0.3 is 0 Å².